The van der Waals surface area contributed by atoms with E-state index in [1.54, 1.807) is 24.3 Å². The molecule has 2 N–H and O–H groups in total. The molecular formula is C15H19ClN4OS. The van der Waals surface area contributed by atoms with Gasteiger partial charge in [-0.3, -0.25) is 9.89 Å². The molecule has 0 aliphatic heterocycles. The van der Waals surface area contributed by atoms with Crippen LogP contribution in [-0.4, -0.2) is 20.7 Å². The van der Waals surface area contributed by atoms with E-state index in [0.29, 0.717) is 21.9 Å². The minimum atomic E-state index is -0.253. The van der Waals surface area contributed by atoms with Crippen molar-refractivity contribution in [2.24, 2.45) is 5.92 Å². The zero-order valence-corrected chi connectivity index (χ0v) is 14.3. The maximum absolute atomic E-state index is 12.5. The number of carbonyl (C=O) groups excluding carboxylic acids is 1. The Hall–Kier alpha value is -1.66. The highest BCUT2D eigenvalue weighted by Crippen LogP contribution is 2.22. The second kappa shape index (κ2) is 7.07. The van der Waals surface area contributed by atoms with Gasteiger partial charge in [-0.1, -0.05) is 37.6 Å². The first-order valence-electron chi connectivity index (χ1n) is 7.16. The van der Waals surface area contributed by atoms with Gasteiger partial charge < -0.3 is 9.88 Å². The number of aromatic nitrogens is 3. The average molecular weight is 339 g/mol. The number of benzene rings is 1. The number of halogens is 1. The molecule has 2 aromatic rings. The number of H-pyrrole nitrogens is 1. The highest BCUT2D eigenvalue weighted by Gasteiger charge is 2.24. The third-order valence-electron chi connectivity index (χ3n) is 3.45. The van der Waals surface area contributed by atoms with Gasteiger partial charge >= 0.3 is 0 Å². The lowest BCUT2D eigenvalue weighted by Gasteiger charge is -2.22. The monoisotopic (exact) mass is 338 g/mol. The van der Waals surface area contributed by atoms with Crippen molar-refractivity contribution in [3.63, 3.8) is 0 Å². The van der Waals surface area contributed by atoms with Crippen molar-refractivity contribution >= 4 is 29.7 Å². The molecule has 0 aliphatic carbocycles. The van der Waals surface area contributed by atoms with Crippen molar-refractivity contribution in [1.82, 2.24) is 20.1 Å². The van der Waals surface area contributed by atoms with Crippen LogP contribution in [0.5, 0.6) is 0 Å². The predicted octanol–water partition coefficient (Wildman–Crippen LogP) is 3.74. The first-order valence-corrected chi connectivity index (χ1v) is 7.94. The largest absolute Gasteiger partial charge is 0.342 e. The van der Waals surface area contributed by atoms with Crippen LogP contribution in [0.1, 0.15) is 43.0 Å². The first kappa shape index (κ1) is 16.7. The molecule has 22 heavy (non-hydrogen) atoms. The molecule has 0 saturated heterocycles. The molecule has 0 radical (unpaired) electrons. The molecule has 1 atom stereocenters. The van der Waals surface area contributed by atoms with Gasteiger partial charge in [0.05, 0.1) is 16.6 Å². The van der Waals surface area contributed by atoms with Gasteiger partial charge in [-0.05, 0) is 37.2 Å². The summed E-state index contributed by atoms with van der Waals surface area (Å²) in [7, 11) is 0. The van der Waals surface area contributed by atoms with Crippen LogP contribution in [0.15, 0.2) is 24.3 Å². The number of nitrogens with zero attached hydrogens (tertiary/aromatic N) is 2. The van der Waals surface area contributed by atoms with E-state index in [1.807, 2.05) is 25.3 Å². The summed E-state index contributed by atoms with van der Waals surface area (Å²) in [4.78, 5) is 12.5. The minimum absolute atomic E-state index is 0.155. The Morgan fingerprint density at radius 3 is 2.73 bits per heavy atom. The summed E-state index contributed by atoms with van der Waals surface area (Å²) in [5.41, 5.74) is 0.451. The molecule has 118 valence electrons. The topological polar surface area (TPSA) is 62.7 Å². The Labute approximate surface area is 139 Å². The maximum Gasteiger partial charge on any atom is 0.253 e. The minimum Gasteiger partial charge on any atom is -0.342 e. The SMILES string of the molecule is CCn1c([C@@H](NC(=O)c2ccccc2Cl)C(C)C)n[nH]c1=S. The summed E-state index contributed by atoms with van der Waals surface area (Å²) in [6.45, 7) is 6.72. The van der Waals surface area contributed by atoms with Crippen molar-refractivity contribution in [1.29, 1.82) is 0 Å². The third kappa shape index (κ3) is 3.39. The molecule has 0 bridgehead atoms. The molecule has 2 rings (SSSR count). The summed E-state index contributed by atoms with van der Waals surface area (Å²) >= 11 is 11.3. The van der Waals surface area contributed by atoms with Gasteiger partial charge in [0.25, 0.3) is 5.91 Å². The van der Waals surface area contributed by atoms with Gasteiger partial charge in [0, 0.05) is 6.54 Å². The lowest BCUT2D eigenvalue weighted by Crippen LogP contribution is -2.34. The number of aromatic amines is 1. The maximum atomic E-state index is 12.5. The summed E-state index contributed by atoms with van der Waals surface area (Å²) in [5.74, 6) is 0.658. The molecule has 0 fully saturated rings. The molecular weight excluding hydrogens is 320 g/mol. The van der Waals surface area contributed by atoms with E-state index in [-0.39, 0.29) is 17.9 Å². The van der Waals surface area contributed by atoms with Crippen molar-refractivity contribution in [3.8, 4) is 0 Å². The normalized spacial score (nSPS) is 12.4. The van der Waals surface area contributed by atoms with Gasteiger partial charge in [0.15, 0.2) is 10.6 Å². The third-order valence-corrected chi connectivity index (χ3v) is 4.10. The molecule has 5 nitrogen and oxygen atoms in total. The zero-order valence-electron chi connectivity index (χ0n) is 12.8. The van der Waals surface area contributed by atoms with E-state index in [2.05, 4.69) is 15.5 Å². The molecule has 0 saturated carbocycles. The lowest BCUT2D eigenvalue weighted by molar-refractivity contribution is 0.0922. The molecule has 1 aromatic carbocycles. The van der Waals surface area contributed by atoms with Crippen LogP contribution in [0.2, 0.25) is 5.02 Å². The Bertz CT molecular complexity index is 722. The van der Waals surface area contributed by atoms with E-state index in [9.17, 15) is 4.79 Å². The highest BCUT2D eigenvalue weighted by molar-refractivity contribution is 7.71. The van der Waals surface area contributed by atoms with Gasteiger partial charge in [-0.25, -0.2) is 0 Å². The Balaban J connectivity index is 2.32. The summed E-state index contributed by atoms with van der Waals surface area (Å²) in [6, 6.07) is 6.72. The van der Waals surface area contributed by atoms with E-state index in [0.717, 1.165) is 5.82 Å². The smallest absolute Gasteiger partial charge is 0.253 e. The second-order valence-electron chi connectivity index (χ2n) is 5.31. The molecule has 1 heterocycles. The van der Waals surface area contributed by atoms with Crippen LogP contribution in [0.4, 0.5) is 0 Å². The fraction of sp³-hybridized carbons (Fsp3) is 0.400. The zero-order chi connectivity index (χ0) is 16.3. The number of amides is 1. The van der Waals surface area contributed by atoms with Crippen LogP contribution in [0, 0.1) is 10.7 Å². The standard InChI is InChI=1S/C15H19ClN4OS/c1-4-20-13(18-19-15(20)22)12(9(2)3)17-14(21)10-7-5-6-8-11(10)16/h5-9,12H,4H2,1-3H3,(H,17,21)(H,19,22)/t12-/m0/s1. The van der Waals surface area contributed by atoms with Crippen LogP contribution < -0.4 is 5.32 Å². The second-order valence-corrected chi connectivity index (χ2v) is 6.10. The number of hydrogen-bond donors (Lipinski definition) is 2. The predicted molar refractivity (Wildman–Crippen MR) is 89.6 cm³/mol. The average Bonchev–Trinajstić information content (AvgIpc) is 2.85. The fourth-order valence-electron chi connectivity index (χ4n) is 2.27. The molecule has 0 spiro atoms. The first-order chi connectivity index (χ1) is 10.5. The van der Waals surface area contributed by atoms with Crippen molar-refractivity contribution in [2.75, 3.05) is 0 Å². The fourth-order valence-corrected chi connectivity index (χ4v) is 2.76. The van der Waals surface area contributed by atoms with Gasteiger partial charge in [-0.15, -0.1) is 0 Å². The van der Waals surface area contributed by atoms with Crippen LogP contribution in [-0.2, 0) is 6.54 Å². The number of nitrogens with one attached hydrogen (secondary N) is 2. The molecule has 7 heteroatoms. The van der Waals surface area contributed by atoms with E-state index >= 15 is 0 Å². The number of hydrogen-bond acceptors (Lipinski definition) is 3. The van der Waals surface area contributed by atoms with Crippen molar-refractivity contribution < 1.29 is 4.79 Å². The Kier molecular flexibility index (Phi) is 5.37. The van der Waals surface area contributed by atoms with Crippen LogP contribution in [0.3, 0.4) is 0 Å². The van der Waals surface area contributed by atoms with Crippen molar-refractivity contribution in [3.05, 3.63) is 45.4 Å². The quantitative estimate of drug-likeness (QED) is 0.816. The molecule has 0 aliphatic rings. The van der Waals surface area contributed by atoms with Gasteiger partial charge in [0.2, 0.25) is 0 Å². The van der Waals surface area contributed by atoms with Gasteiger partial charge in [0.1, 0.15) is 0 Å². The Morgan fingerprint density at radius 2 is 2.14 bits per heavy atom. The number of rotatable bonds is 5. The van der Waals surface area contributed by atoms with Crippen molar-refractivity contribution in [2.45, 2.75) is 33.4 Å². The summed E-state index contributed by atoms with van der Waals surface area (Å²) in [5, 5.41) is 10.5. The van der Waals surface area contributed by atoms with Crippen LogP contribution in [0.25, 0.3) is 0 Å². The lowest BCUT2D eigenvalue weighted by atomic mass is 10.0. The van der Waals surface area contributed by atoms with E-state index in [1.165, 1.54) is 0 Å². The summed E-state index contributed by atoms with van der Waals surface area (Å²) in [6.07, 6.45) is 0. The number of carbonyl (C=O) groups is 1. The van der Waals surface area contributed by atoms with Crippen LogP contribution >= 0.6 is 23.8 Å². The molecule has 1 aromatic heterocycles. The van der Waals surface area contributed by atoms with E-state index in [4.69, 9.17) is 23.8 Å². The van der Waals surface area contributed by atoms with E-state index < -0.39 is 0 Å². The summed E-state index contributed by atoms with van der Waals surface area (Å²) < 4.78 is 2.43. The molecule has 0 unspecified atom stereocenters. The molecule has 1 amide bonds. The highest BCUT2D eigenvalue weighted by atomic mass is 35.5. The Morgan fingerprint density at radius 1 is 1.45 bits per heavy atom. The van der Waals surface area contributed by atoms with Gasteiger partial charge in [-0.2, -0.15) is 5.10 Å².